The molecule has 2 aromatic rings. The molecule has 0 bridgehead atoms. The second kappa shape index (κ2) is 4.98. The van der Waals surface area contributed by atoms with E-state index in [0.29, 0.717) is 5.56 Å². The molecule has 0 radical (unpaired) electrons. The lowest BCUT2D eigenvalue weighted by molar-refractivity contribution is 1.04. The molecule has 0 saturated heterocycles. The summed E-state index contributed by atoms with van der Waals surface area (Å²) < 4.78 is 0. The summed E-state index contributed by atoms with van der Waals surface area (Å²) in [6.07, 6.45) is 3.32. The molecule has 0 aliphatic rings. The zero-order valence-corrected chi connectivity index (χ0v) is 10.5. The third kappa shape index (κ3) is 2.83. The Balaban J connectivity index is 2.35. The predicted molar refractivity (Wildman–Crippen MR) is 66.8 cm³/mol. The van der Waals surface area contributed by atoms with Gasteiger partial charge in [-0.3, -0.25) is 4.98 Å². The van der Waals surface area contributed by atoms with Crippen LogP contribution in [-0.2, 0) is 0 Å². The van der Waals surface area contributed by atoms with Gasteiger partial charge in [-0.1, -0.05) is 11.8 Å². The van der Waals surface area contributed by atoms with Crippen molar-refractivity contribution in [2.75, 3.05) is 0 Å². The maximum Gasteiger partial charge on any atom is 0.101 e. The van der Waals surface area contributed by atoms with Gasteiger partial charge in [-0.2, -0.15) is 5.26 Å². The number of nitrogens with zero attached hydrogens (tertiary/aromatic N) is 3. The number of nitriles is 1. The Labute approximate surface area is 105 Å². The molecule has 84 valence electrons. The average molecular weight is 241 g/mol. The van der Waals surface area contributed by atoms with Gasteiger partial charge >= 0.3 is 0 Å². The fourth-order valence-corrected chi connectivity index (χ4v) is 2.52. The van der Waals surface area contributed by atoms with E-state index in [-0.39, 0.29) is 0 Å². The molecule has 0 aromatic carbocycles. The lowest BCUT2D eigenvalue weighted by Gasteiger charge is -2.04. The van der Waals surface area contributed by atoms with Crippen LogP contribution in [0.1, 0.15) is 16.8 Å². The number of rotatable bonds is 2. The summed E-state index contributed by atoms with van der Waals surface area (Å²) in [4.78, 5) is 9.31. The van der Waals surface area contributed by atoms with Gasteiger partial charge in [-0.15, -0.1) is 0 Å². The third-order valence-electron chi connectivity index (χ3n) is 2.19. The van der Waals surface area contributed by atoms with Crippen molar-refractivity contribution >= 4 is 11.8 Å². The zero-order valence-electron chi connectivity index (χ0n) is 9.64. The summed E-state index contributed by atoms with van der Waals surface area (Å²) >= 11 is 1.47. The van der Waals surface area contributed by atoms with E-state index in [1.54, 1.807) is 18.5 Å². The molecule has 0 unspecified atom stereocenters. The van der Waals surface area contributed by atoms with Gasteiger partial charge in [0.15, 0.2) is 0 Å². The minimum absolute atomic E-state index is 0.631. The van der Waals surface area contributed by atoms with Gasteiger partial charge in [0.1, 0.15) is 11.1 Å². The highest BCUT2D eigenvalue weighted by Gasteiger charge is 2.05. The van der Waals surface area contributed by atoms with Gasteiger partial charge < -0.3 is 0 Å². The van der Waals surface area contributed by atoms with Crippen LogP contribution in [0.2, 0.25) is 0 Å². The number of aromatic nitrogens is 2. The molecule has 0 saturated carbocycles. The fourth-order valence-electron chi connectivity index (χ4n) is 1.52. The van der Waals surface area contributed by atoms with E-state index in [2.05, 4.69) is 16.0 Å². The predicted octanol–water partition coefficient (Wildman–Crippen LogP) is 3.12. The molecule has 0 spiro atoms. The highest BCUT2D eigenvalue weighted by atomic mass is 32.2. The van der Waals surface area contributed by atoms with Crippen LogP contribution in [0.25, 0.3) is 0 Å². The Morgan fingerprint density at radius 2 is 2.12 bits per heavy atom. The first-order valence-electron chi connectivity index (χ1n) is 5.16. The molecule has 17 heavy (non-hydrogen) atoms. The van der Waals surface area contributed by atoms with Crippen molar-refractivity contribution in [3.63, 3.8) is 0 Å². The van der Waals surface area contributed by atoms with E-state index < -0.39 is 0 Å². The van der Waals surface area contributed by atoms with Gasteiger partial charge in [-0.05, 0) is 37.6 Å². The van der Waals surface area contributed by atoms with E-state index in [4.69, 9.17) is 5.26 Å². The van der Waals surface area contributed by atoms with Crippen molar-refractivity contribution in [3.8, 4) is 6.07 Å². The highest BCUT2D eigenvalue weighted by Crippen LogP contribution is 2.28. The second-order valence-corrected chi connectivity index (χ2v) is 4.77. The minimum atomic E-state index is 0.631. The monoisotopic (exact) mass is 241 g/mol. The SMILES string of the molecule is Cc1cc(C)nc(Sc2cnccc2C#N)c1. The van der Waals surface area contributed by atoms with E-state index in [0.717, 1.165) is 15.6 Å². The number of hydrogen-bond acceptors (Lipinski definition) is 4. The maximum absolute atomic E-state index is 8.99. The van der Waals surface area contributed by atoms with Gasteiger partial charge in [0, 0.05) is 23.0 Å². The molecule has 3 nitrogen and oxygen atoms in total. The summed E-state index contributed by atoms with van der Waals surface area (Å²) in [5.41, 5.74) is 2.78. The van der Waals surface area contributed by atoms with Crippen LogP contribution in [0.3, 0.4) is 0 Å². The summed E-state index contributed by atoms with van der Waals surface area (Å²) in [5.74, 6) is 0. The van der Waals surface area contributed by atoms with Gasteiger partial charge in [0.2, 0.25) is 0 Å². The Morgan fingerprint density at radius 3 is 2.82 bits per heavy atom. The fraction of sp³-hybridized carbons (Fsp3) is 0.154. The first-order chi connectivity index (χ1) is 8.19. The highest BCUT2D eigenvalue weighted by molar-refractivity contribution is 7.99. The third-order valence-corrected chi connectivity index (χ3v) is 3.16. The van der Waals surface area contributed by atoms with Crippen molar-refractivity contribution in [1.82, 2.24) is 9.97 Å². The van der Waals surface area contributed by atoms with Crippen LogP contribution >= 0.6 is 11.8 Å². The lowest BCUT2D eigenvalue weighted by atomic mass is 10.3. The van der Waals surface area contributed by atoms with E-state index in [1.807, 2.05) is 26.0 Å². The Kier molecular flexibility index (Phi) is 3.40. The van der Waals surface area contributed by atoms with Crippen molar-refractivity contribution in [2.45, 2.75) is 23.8 Å². The molecule has 2 aromatic heterocycles. The van der Waals surface area contributed by atoms with E-state index in [1.165, 1.54) is 17.3 Å². The van der Waals surface area contributed by atoms with Crippen LogP contribution in [0.5, 0.6) is 0 Å². The molecule has 0 atom stereocenters. The number of pyridine rings is 2. The Bertz CT molecular complexity index is 567. The summed E-state index contributed by atoms with van der Waals surface area (Å²) in [6.45, 7) is 4.00. The normalized spacial score (nSPS) is 9.94. The second-order valence-electron chi connectivity index (χ2n) is 3.71. The van der Waals surface area contributed by atoms with E-state index >= 15 is 0 Å². The summed E-state index contributed by atoms with van der Waals surface area (Å²) in [5, 5.41) is 9.89. The Hall–Kier alpha value is -1.86. The molecule has 0 amide bonds. The molecule has 2 rings (SSSR count). The molecule has 0 fully saturated rings. The first-order valence-corrected chi connectivity index (χ1v) is 5.98. The van der Waals surface area contributed by atoms with Crippen LogP contribution in [0.4, 0.5) is 0 Å². The first kappa shape index (κ1) is 11.6. The zero-order chi connectivity index (χ0) is 12.3. The van der Waals surface area contributed by atoms with Crippen molar-refractivity contribution in [1.29, 1.82) is 5.26 Å². The van der Waals surface area contributed by atoms with Crippen molar-refractivity contribution in [2.24, 2.45) is 0 Å². The molecular formula is C13H11N3S. The van der Waals surface area contributed by atoms with Crippen LogP contribution in [-0.4, -0.2) is 9.97 Å². The quantitative estimate of drug-likeness (QED) is 0.810. The van der Waals surface area contributed by atoms with Crippen LogP contribution in [0.15, 0.2) is 40.5 Å². The lowest BCUT2D eigenvalue weighted by Crippen LogP contribution is -1.88. The topological polar surface area (TPSA) is 49.6 Å². The van der Waals surface area contributed by atoms with E-state index in [9.17, 15) is 0 Å². The minimum Gasteiger partial charge on any atom is -0.263 e. The molecule has 2 heterocycles. The summed E-state index contributed by atoms with van der Waals surface area (Å²) in [6, 6.07) is 7.90. The smallest absolute Gasteiger partial charge is 0.101 e. The number of aryl methyl sites for hydroxylation is 2. The molecule has 0 aliphatic heterocycles. The van der Waals surface area contributed by atoms with Crippen molar-refractivity contribution < 1.29 is 0 Å². The largest absolute Gasteiger partial charge is 0.263 e. The van der Waals surface area contributed by atoms with Crippen LogP contribution in [0, 0.1) is 25.2 Å². The molecule has 4 heteroatoms. The average Bonchev–Trinajstić information content (AvgIpc) is 2.28. The molecule has 0 aliphatic carbocycles. The van der Waals surface area contributed by atoms with Crippen molar-refractivity contribution in [3.05, 3.63) is 47.4 Å². The Morgan fingerprint density at radius 1 is 1.29 bits per heavy atom. The number of hydrogen-bond donors (Lipinski definition) is 0. The van der Waals surface area contributed by atoms with Gasteiger partial charge in [0.05, 0.1) is 5.56 Å². The molecular weight excluding hydrogens is 230 g/mol. The van der Waals surface area contributed by atoms with Crippen LogP contribution < -0.4 is 0 Å². The molecule has 0 N–H and O–H groups in total. The maximum atomic E-state index is 8.99. The van der Waals surface area contributed by atoms with Gasteiger partial charge in [-0.25, -0.2) is 4.98 Å². The van der Waals surface area contributed by atoms with Gasteiger partial charge in [0.25, 0.3) is 0 Å². The summed E-state index contributed by atoms with van der Waals surface area (Å²) in [7, 11) is 0. The standard InChI is InChI=1S/C13H11N3S/c1-9-5-10(2)16-13(6-9)17-12-8-15-4-3-11(12)7-14/h3-6,8H,1-2H3.